The highest BCUT2D eigenvalue weighted by atomic mass is 32.2. The van der Waals surface area contributed by atoms with Gasteiger partial charge in [0, 0.05) is 13.1 Å². The summed E-state index contributed by atoms with van der Waals surface area (Å²) in [6.45, 7) is 9.17. The second-order valence-corrected chi connectivity index (χ2v) is 7.71. The van der Waals surface area contributed by atoms with Crippen LogP contribution in [0.4, 0.5) is 0 Å². The number of unbranched alkanes of at least 4 members (excludes halogenated alkanes) is 1. The van der Waals surface area contributed by atoms with Crippen LogP contribution in [0.3, 0.4) is 0 Å². The first-order valence-electron chi connectivity index (χ1n) is 7.90. The Labute approximate surface area is 124 Å². The van der Waals surface area contributed by atoms with Crippen LogP contribution in [0, 0.1) is 0 Å². The Balaban J connectivity index is 2.35. The molecular formula is C14H31N3O2S. The quantitative estimate of drug-likeness (QED) is 0.649. The van der Waals surface area contributed by atoms with Gasteiger partial charge in [0.25, 0.3) is 0 Å². The molecule has 0 aromatic rings. The Morgan fingerprint density at radius 1 is 1.20 bits per heavy atom. The molecule has 0 unspecified atom stereocenters. The molecule has 1 rings (SSSR count). The van der Waals surface area contributed by atoms with Gasteiger partial charge in [-0.1, -0.05) is 13.8 Å². The normalized spacial score (nSPS) is 18.8. The van der Waals surface area contributed by atoms with Gasteiger partial charge in [-0.15, -0.1) is 0 Å². The highest BCUT2D eigenvalue weighted by Gasteiger charge is 2.28. The minimum atomic E-state index is -3.08. The van der Waals surface area contributed by atoms with E-state index in [-0.39, 0.29) is 11.8 Å². The molecule has 20 heavy (non-hydrogen) atoms. The number of nitrogens with zero attached hydrogens (tertiary/aromatic N) is 2. The molecule has 1 aliphatic rings. The highest BCUT2D eigenvalue weighted by molar-refractivity contribution is 7.89. The molecule has 0 aliphatic carbocycles. The van der Waals surface area contributed by atoms with Gasteiger partial charge in [-0.25, -0.2) is 12.7 Å². The van der Waals surface area contributed by atoms with Crippen molar-refractivity contribution in [2.45, 2.75) is 45.6 Å². The van der Waals surface area contributed by atoms with Crippen molar-refractivity contribution in [3.63, 3.8) is 0 Å². The average molecular weight is 305 g/mol. The van der Waals surface area contributed by atoms with Crippen molar-refractivity contribution in [2.75, 3.05) is 45.5 Å². The predicted molar refractivity (Wildman–Crippen MR) is 84.5 cm³/mol. The predicted octanol–water partition coefficient (Wildman–Crippen LogP) is 1.12. The Hall–Kier alpha value is -0.170. The smallest absolute Gasteiger partial charge is 0.214 e. The maximum atomic E-state index is 12.3. The van der Waals surface area contributed by atoms with Gasteiger partial charge in [-0.2, -0.15) is 0 Å². The molecule has 120 valence electrons. The molecule has 1 aliphatic heterocycles. The van der Waals surface area contributed by atoms with E-state index in [1.54, 1.807) is 11.4 Å². The number of piperidine rings is 1. The van der Waals surface area contributed by atoms with E-state index in [1.165, 1.54) is 0 Å². The van der Waals surface area contributed by atoms with Crippen LogP contribution in [0.1, 0.15) is 39.5 Å². The number of hydrogen-bond donors (Lipinski definition) is 1. The average Bonchev–Trinajstić information content (AvgIpc) is 2.46. The zero-order valence-corrected chi connectivity index (χ0v) is 14.1. The summed E-state index contributed by atoms with van der Waals surface area (Å²) in [5.74, 6) is 0.281. The van der Waals surface area contributed by atoms with Crippen LogP contribution in [0.25, 0.3) is 0 Å². The molecule has 0 atom stereocenters. The van der Waals surface area contributed by atoms with Crippen molar-refractivity contribution >= 4 is 10.0 Å². The van der Waals surface area contributed by atoms with Gasteiger partial charge in [-0.3, -0.25) is 0 Å². The molecule has 1 N–H and O–H groups in total. The lowest BCUT2D eigenvalue weighted by Crippen LogP contribution is -2.46. The summed E-state index contributed by atoms with van der Waals surface area (Å²) in [6, 6.07) is 0.191. The van der Waals surface area contributed by atoms with Crippen molar-refractivity contribution in [3.8, 4) is 0 Å². The van der Waals surface area contributed by atoms with Crippen LogP contribution < -0.4 is 5.32 Å². The second-order valence-electron chi connectivity index (χ2n) is 5.56. The fourth-order valence-electron chi connectivity index (χ4n) is 2.68. The van der Waals surface area contributed by atoms with Gasteiger partial charge in [0.05, 0.1) is 5.75 Å². The van der Waals surface area contributed by atoms with E-state index in [2.05, 4.69) is 24.1 Å². The van der Waals surface area contributed by atoms with Crippen LogP contribution in [0.15, 0.2) is 0 Å². The van der Waals surface area contributed by atoms with E-state index in [1.807, 2.05) is 0 Å². The van der Waals surface area contributed by atoms with Crippen LogP contribution in [0.2, 0.25) is 0 Å². The summed E-state index contributed by atoms with van der Waals surface area (Å²) in [5, 5.41) is 3.22. The third kappa shape index (κ3) is 5.68. The molecule has 0 radical (unpaired) electrons. The van der Waals surface area contributed by atoms with Crippen molar-refractivity contribution in [1.82, 2.24) is 14.5 Å². The summed E-state index contributed by atoms with van der Waals surface area (Å²) in [6.07, 6.45) is 3.59. The van der Waals surface area contributed by atoms with Crippen molar-refractivity contribution in [3.05, 3.63) is 0 Å². The van der Waals surface area contributed by atoms with Gasteiger partial charge >= 0.3 is 0 Å². The zero-order valence-electron chi connectivity index (χ0n) is 13.3. The van der Waals surface area contributed by atoms with E-state index >= 15 is 0 Å². The third-order valence-electron chi connectivity index (χ3n) is 4.21. The molecule has 0 aromatic carbocycles. The monoisotopic (exact) mass is 305 g/mol. The molecule has 1 fully saturated rings. The second kappa shape index (κ2) is 8.97. The summed E-state index contributed by atoms with van der Waals surface area (Å²) in [4.78, 5) is 2.38. The lowest BCUT2D eigenvalue weighted by atomic mass is 10.1. The summed E-state index contributed by atoms with van der Waals surface area (Å²) >= 11 is 0. The summed E-state index contributed by atoms with van der Waals surface area (Å²) < 4.78 is 26.2. The van der Waals surface area contributed by atoms with Crippen LogP contribution >= 0.6 is 0 Å². The Morgan fingerprint density at radius 2 is 1.85 bits per heavy atom. The molecular weight excluding hydrogens is 274 g/mol. The van der Waals surface area contributed by atoms with E-state index in [9.17, 15) is 8.42 Å². The first-order chi connectivity index (χ1) is 9.51. The first kappa shape index (κ1) is 17.9. The lowest BCUT2D eigenvalue weighted by Gasteiger charge is -2.35. The standard InChI is InChI=1S/C14H31N3O2S/c1-4-15-10-6-7-13-20(18,19)16(3)14-8-11-17(5-2)12-9-14/h14-15H,4-13H2,1-3H3. The van der Waals surface area contributed by atoms with Crippen LogP contribution in [0.5, 0.6) is 0 Å². The maximum absolute atomic E-state index is 12.3. The van der Waals surface area contributed by atoms with Crippen LogP contribution in [-0.4, -0.2) is 69.2 Å². The Bertz CT molecular complexity index is 351. The lowest BCUT2D eigenvalue weighted by molar-refractivity contribution is 0.176. The van der Waals surface area contributed by atoms with Crippen molar-refractivity contribution in [2.24, 2.45) is 0 Å². The number of rotatable bonds is 9. The van der Waals surface area contributed by atoms with E-state index in [0.717, 1.165) is 58.4 Å². The zero-order chi connectivity index (χ0) is 15.0. The topological polar surface area (TPSA) is 52.7 Å². The molecule has 6 heteroatoms. The minimum absolute atomic E-state index is 0.191. The fraction of sp³-hybridized carbons (Fsp3) is 1.00. The third-order valence-corrected chi connectivity index (χ3v) is 6.19. The van der Waals surface area contributed by atoms with Crippen LogP contribution in [-0.2, 0) is 10.0 Å². The molecule has 0 spiro atoms. The fourth-order valence-corrected chi connectivity index (χ4v) is 4.20. The van der Waals surface area contributed by atoms with Gasteiger partial charge in [0.2, 0.25) is 10.0 Å². The largest absolute Gasteiger partial charge is 0.317 e. The minimum Gasteiger partial charge on any atom is -0.317 e. The molecule has 0 amide bonds. The Morgan fingerprint density at radius 3 is 2.40 bits per heavy atom. The number of sulfonamides is 1. The first-order valence-corrected chi connectivity index (χ1v) is 9.51. The van der Waals surface area contributed by atoms with Gasteiger partial charge in [-0.05, 0) is 58.4 Å². The maximum Gasteiger partial charge on any atom is 0.214 e. The van der Waals surface area contributed by atoms with Crippen molar-refractivity contribution in [1.29, 1.82) is 0 Å². The number of hydrogen-bond acceptors (Lipinski definition) is 4. The van der Waals surface area contributed by atoms with Crippen molar-refractivity contribution < 1.29 is 8.42 Å². The molecule has 0 saturated carbocycles. The number of nitrogens with one attached hydrogen (secondary N) is 1. The van der Waals surface area contributed by atoms with Gasteiger partial charge in [0.1, 0.15) is 0 Å². The highest BCUT2D eigenvalue weighted by Crippen LogP contribution is 2.18. The van der Waals surface area contributed by atoms with E-state index in [0.29, 0.717) is 0 Å². The molecule has 0 aromatic heterocycles. The summed E-state index contributed by atoms with van der Waals surface area (Å²) in [5.41, 5.74) is 0. The molecule has 1 saturated heterocycles. The molecule has 0 bridgehead atoms. The Kier molecular flexibility index (Phi) is 8.02. The van der Waals surface area contributed by atoms with E-state index < -0.39 is 10.0 Å². The molecule has 5 nitrogen and oxygen atoms in total. The van der Waals surface area contributed by atoms with Gasteiger partial charge < -0.3 is 10.2 Å². The summed E-state index contributed by atoms with van der Waals surface area (Å²) in [7, 11) is -1.33. The number of likely N-dealkylation sites (tertiary alicyclic amines) is 1. The molecule has 1 heterocycles. The van der Waals surface area contributed by atoms with E-state index in [4.69, 9.17) is 0 Å². The SMILES string of the molecule is CCNCCCCS(=O)(=O)N(C)C1CCN(CC)CC1. The van der Waals surface area contributed by atoms with Gasteiger partial charge in [0.15, 0.2) is 0 Å².